The molecule has 3 saturated heterocycles. The van der Waals surface area contributed by atoms with Gasteiger partial charge in [0.05, 0.1) is 10.8 Å². The summed E-state index contributed by atoms with van der Waals surface area (Å²) in [6, 6.07) is -0.410. The Labute approximate surface area is 121 Å². The minimum atomic E-state index is -0.844. The predicted molar refractivity (Wildman–Crippen MR) is 73.1 cm³/mol. The molecule has 3 fully saturated rings. The van der Waals surface area contributed by atoms with Crippen molar-refractivity contribution in [1.82, 2.24) is 9.80 Å². The van der Waals surface area contributed by atoms with Crippen LogP contribution < -0.4 is 0 Å². The lowest BCUT2D eigenvalue weighted by Gasteiger charge is -2.31. The SMILES string of the molecule is C[C@]12CCC(=O)N1[C@@H](C(=O)N1CC[C@H](C(=O)O)C1)CS2. The highest BCUT2D eigenvalue weighted by atomic mass is 32.2. The molecule has 20 heavy (non-hydrogen) atoms. The lowest BCUT2D eigenvalue weighted by atomic mass is 10.1. The second-order valence-electron chi connectivity index (χ2n) is 5.87. The Morgan fingerprint density at radius 2 is 2.20 bits per heavy atom. The van der Waals surface area contributed by atoms with Crippen molar-refractivity contribution >= 4 is 29.5 Å². The third kappa shape index (κ3) is 1.99. The van der Waals surface area contributed by atoms with E-state index in [1.165, 1.54) is 0 Å². The number of thioether (sulfide) groups is 1. The number of carboxylic acids is 1. The number of hydrogen-bond acceptors (Lipinski definition) is 4. The molecule has 0 aromatic rings. The molecule has 1 N–H and O–H groups in total. The second-order valence-corrected chi connectivity index (χ2v) is 7.38. The van der Waals surface area contributed by atoms with Crippen LogP contribution in [0, 0.1) is 5.92 Å². The van der Waals surface area contributed by atoms with Crippen molar-refractivity contribution < 1.29 is 19.5 Å². The van der Waals surface area contributed by atoms with E-state index >= 15 is 0 Å². The number of aliphatic carboxylic acids is 1. The van der Waals surface area contributed by atoms with E-state index < -0.39 is 17.9 Å². The molecule has 2 amide bonds. The summed E-state index contributed by atoms with van der Waals surface area (Å²) in [6.45, 7) is 2.77. The monoisotopic (exact) mass is 298 g/mol. The first-order chi connectivity index (χ1) is 9.42. The Kier molecular flexibility index (Phi) is 3.19. The number of carboxylic acid groups (broad SMARTS) is 1. The van der Waals surface area contributed by atoms with Crippen molar-refractivity contribution in [3.05, 3.63) is 0 Å². The lowest BCUT2D eigenvalue weighted by Crippen LogP contribution is -2.51. The summed E-state index contributed by atoms with van der Waals surface area (Å²) in [5.41, 5.74) is 0. The van der Waals surface area contributed by atoms with Crippen molar-refractivity contribution in [2.75, 3.05) is 18.8 Å². The molecule has 0 spiro atoms. The fourth-order valence-corrected chi connectivity index (χ4v) is 4.80. The minimum Gasteiger partial charge on any atom is -0.481 e. The summed E-state index contributed by atoms with van der Waals surface area (Å²) >= 11 is 1.66. The molecule has 0 saturated carbocycles. The van der Waals surface area contributed by atoms with Gasteiger partial charge in [-0.1, -0.05) is 0 Å². The maximum atomic E-state index is 12.6. The average molecular weight is 298 g/mol. The van der Waals surface area contributed by atoms with Crippen LogP contribution in [-0.4, -0.2) is 62.4 Å². The number of nitrogens with zero attached hydrogens (tertiary/aromatic N) is 2. The van der Waals surface area contributed by atoms with Crippen LogP contribution in [0.5, 0.6) is 0 Å². The Hall–Kier alpha value is -1.24. The van der Waals surface area contributed by atoms with Crippen LogP contribution >= 0.6 is 11.8 Å². The summed E-state index contributed by atoms with van der Waals surface area (Å²) in [7, 11) is 0. The van der Waals surface area contributed by atoms with Gasteiger partial charge in [-0.3, -0.25) is 14.4 Å². The van der Waals surface area contributed by atoms with Gasteiger partial charge in [0.25, 0.3) is 0 Å². The number of carbonyl (C=O) groups is 3. The van der Waals surface area contributed by atoms with Gasteiger partial charge < -0.3 is 14.9 Å². The molecule has 3 rings (SSSR count). The van der Waals surface area contributed by atoms with Gasteiger partial charge in [0.15, 0.2) is 0 Å². The Morgan fingerprint density at radius 3 is 2.85 bits per heavy atom. The molecule has 0 aromatic carbocycles. The van der Waals surface area contributed by atoms with Gasteiger partial charge in [-0.15, -0.1) is 11.8 Å². The number of hydrogen-bond donors (Lipinski definition) is 1. The van der Waals surface area contributed by atoms with E-state index in [1.807, 2.05) is 6.92 Å². The summed E-state index contributed by atoms with van der Waals surface area (Å²) in [5, 5.41) is 9.00. The molecule has 3 atom stereocenters. The van der Waals surface area contributed by atoms with Gasteiger partial charge in [-0.25, -0.2) is 0 Å². The van der Waals surface area contributed by atoms with Crippen molar-refractivity contribution in [1.29, 1.82) is 0 Å². The number of likely N-dealkylation sites (tertiary alicyclic amines) is 1. The standard InChI is InChI=1S/C13H18N2O4S/c1-13-4-2-10(16)15(13)9(7-20-13)11(17)14-5-3-8(6-14)12(18)19/h8-9H,2-7H2,1H3,(H,18,19)/t8-,9+,13-/m0/s1. The highest BCUT2D eigenvalue weighted by Crippen LogP contribution is 2.47. The molecule has 6 nitrogen and oxygen atoms in total. The summed E-state index contributed by atoms with van der Waals surface area (Å²) < 4.78 is 0. The molecule has 7 heteroatoms. The smallest absolute Gasteiger partial charge is 0.308 e. The largest absolute Gasteiger partial charge is 0.481 e. The fourth-order valence-electron chi connectivity index (χ4n) is 3.38. The molecule has 3 heterocycles. The fraction of sp³-hybridized carbons (Fsp3) is 0.769. The minimum absolute atomic E-state index is 0.0461. The molecule has 3 aliphatic heterocycles. The van der Waals surface area contributed by atoms with Crippen LogP contribution in [0.4, 0.5) is 0 Å². The Bertz CT molecular complexity index is 483. The molecule has 0 aliphatic carbocycles. The number of rotatable bonds is 2. The maximum Gasteiger partial charge on any atom is 0.308 e. The van der Waals surface area contributed by atoms with Crippen LogP contribution in [0.3, 0.4) is 0 Å². The van der Waals surface area contributed by atoms with E-state index in [-0.39, 0.29) is 23.2 Å². The molecular weight excluding hydrogens is 280 g/mol. The zero-order chi connectivity index (χ0) is 14.5. The highest BCUT2D eigenvalue weighted by molar-refractivity contribution is 8.01. The van der Waals surface area contributed by atoms with E-state index in [9.17, 15) is 14.4 Å². The molecule has 0 radical (unpaired) electrons. The Balaban J connectivity index is 1.72. The van der Waals surface area contributed by atoms with Gasteiger partial charge in [-0.2, -0.15) is 0 Å². The summed E-state index contributed by atoms with van der Waals surface area (Å²) in [6.07, 6.45) is 1.80. The van der Waals surface area contributed by atoms with E-state index in [0.29, 0.717) is 25.1 Å². The van der Waals surface area contributed by atoms with Gasteiger partial charge in [0.2, 0.25) is 11.8 Å². The van der Waals surface area contributed by atoms with Crippen LogP contribution in [0.25, 0.3) is 0 Å². The second kappa shape index (κ2) is 4.65. The van der Waals surface area contributed by atoms with Crippen molar-refractivity contribution in [3.8, 4) is 0 Å². The van der Waals surface area contributed by atoms with E-state index in [0.717, 1.165) is 6.42 Å². The topological polar surface area (TPSA) is 77.9 Å². The normalized spacial score (nSPS) is 36.5. The van der Waals surface area contributed by atoms with E-state index in [2.05, 4.69) is 0 Å². The van der Waals surface area contributed by atoms with Gasteiger partial charge in [-0.05, 0) is 19.8 Å². The summed E-state index contributed by atoms with van der Waals surface area (Å²) in [4.78, 5) is 38.6. The van der Waals surface area contributed by atoms with Crippen molar-refractivity contribution in [2.45, 2.75) is 37.1 Å². The van der Waals surface area contributed by atoms with Gasteiger partial charge in [0, 0.05) is 25.3 Å². The molecule has 0 unspecified atom stereocenters. The lowest BCUT2D eigenvalue weighted by molar-refractivity contribution is -0.144. The van der Waals surface area contributed by atoms with Crippen LogP contribution in [0.15, 0.2) is 0 Å². The van der Waals surface area contributed by atoms with Crippen molar-refractivity contribution in [3.63, 3.8) is 0 Å². The van der Waals surface area contributed by atoms with E-state index in [4.69, 9.17) is 5.11 Å². The zero-order valence-electron chi connectivity index (χ0n) is 11.4. The van der Waals surface area contributed by atoms with Gasteiger partial charge >= 0.3 is 5.97 Å². The number of amides is 2. The van der Waals surface area contributed by atoms with Crippen LogP contribution in [0.1, 0.15) is 26.2 Å². The molecule has 0 aromatic heterocycles. The molecule has 110 valence electrons. The third-order valence-electron chi connectivity index (χ3n) is 4.58. The third-order valence-corrected chi connectivity index (χ3v) is 6.08. The summed E-state index contributed by atoms with van der Waals surface area (Å²) in [5.74, 6) is -0.725. The van der Waals surface area contributed by atoms with Crippen LogP contribution in [-0.2, 0) is 14.4 Å². The first kappa shape index (κ1) is 13.7. The van der Waals surface area contributed by atoms with Crippen LogP contribution in [0.2, 0.25) is 0 Å². The average Bonchev–Trinajstić information content (AvgIpc) is 3.05. The number of carbonyl (C=O) groups excluding carboxylic acids is 2. The maximum absolute atomic E-state index is 12.6. The highest BCUT2D eigenvalue weighted by Gasteiger charge is 2.54. The van der Waals surface area contributed by atoms with Crippen molar-refractivity contribution in [2.24, 2.45) is 5.92 Å². The molecule has 0 bridgehead atoms. The Morgan fingerprint density at radius 1 is 1.45 bits per heavy atom. The quantitative estimate of drug-likeness (QED) is 0.797. The van der Waals surface area contributed by atoms with Gasteiger partial charge in [0.1, 0.15) is 6.04 Å². The molecule has 3 aliphatic rings. The predicted octanol–water partition coefficient (Wildman–Crippen LogP) is 0.373. The molecular formula is C13H18N2O4S. The van der Waals surface area contributed by atoms with E-state index in [1.54, 1.807) is 21.6 Å². The first-order valence-electron chi connectivity index (χ1n) is 6.90. The number of fused-ring (bicyclic) bond motifs is 1. The first-order valence-corrected chi connectivity index (χ1v) is 7.89. The zero-order valence-corrected chi connectivity index (χ0v) is 12.2.